The Balaban J connectivity index is 1.83. The summed E-state index contributed by atoms with van der Waals surface area (Å²) >= 11 is 0. The molecule has 1 aromatic heterocycles. The first-order valence-electron chi connectivity index (χ1n) is 9.15. The molecule has 0 saturated carbocycles. The van der Waals surface area contributed by atoms with Crippen molar-refractivity contribution in [2.24, 2.45) is 7.05 Å². The van der Waals surface area contributed by atoms with Gasteiger partial charge in [-0.2, -0.15) is 0 Å². The van der Waals surface area contributed by atoms with E-state index in [1.165, 1.54) is 0 Å². The van der Waals surface area contributed by atoms with Gasteiger partial charge in [-0.05, 0) is 25.8 Å². The van der Waals surface area contributed by atoms with Gasteiger partial charge in [0.15, 0.2) is 0 Å². The summed E-state index contributed by atoms with van der Waals surface area (Å²) in [6.07, 6.45) is 2.30. The molecule has 0 spiro atoms. The second kappa shape index (κ2) is 7.30. The third kappa shape index (κ3) is 3.28. The van der Waals surface area contributed by atoms with Crippen LogP contribution < -0.4 is 0 Å². The molecule has 1 saturated heterocycles. The smallest absolute Gasteiger partial charge is 0.256 e. The van der Waals surface area contributed by atoms with Gasteiger partial charge in [0.2, 0.25) is 5.91 Å². The van der Waals surface area contributed by atoms with Gasteiger partial charge in [-0.15, -0.1) is 0 Å². The SMILES string of the molecule is CCCC(=O)N1CCCN(C(=O)c2c(C)n(C)c3ccccc23)CC1. The predicted octanol–water partition coefficient (Wildman–Crippen LogP) is 2.96. The molecule has 1 fully saturated rings. The minimum Gasteiger partial charge on any atom is -0.347 e. The zero-order valence-electron chi connectivity index (χ0n) is 15.4. The fourth-order valence-corrected chi connectivity index (χ4v) is 3.69. The number of carbonyl (C=O) groups excluding carboxylic acids is 2. The highest BCUT2D eigenvalue weighted by atomic mass is 16.2. The van der Waals surface area contributed by atoms with E-state index < -0.39 is 0 Å². The fraction of sp³-hybridized carbons (Fsp3) is 0.500. The monoisotopic (exact) mass is 341 g/mol. The lowest BCUT2D eigenvalue weighted by molar-refractivity contribution is -0.131. The lowest BCUT2D eigenvalue weighted by atomic mass is 10.1. The van der Waals surface area contributed by atoms with Gasteiger partial charge in [-0.3, -0.25) is 9.59 Å². The summed E-state index contributed by atoms with van der Waals surface area (Å²) in [6, 6.07) is 8.04. The molecule has 0 unspecified atom stereocenters. The minimum atomic E-state index is 0.0825. The van der Waals surface area contributed by atoms with Gasteiger partial charge in [0.05, 0.1) is 5.56 Å². The summed E-state index contributed by atoms with van der Waals surface area (Å²) in [5, 5.41) is 1.01. The van der Waals surface area contributed by atoms with Crippen LogP contribution >= 0.6 is 0 Å². The van der Waals surface area contributed by atoms with Crippen LogP contribution in [0.25, 0.3) is 10.9 Å². The van der Waals surface area contributed by atoms with E-state index in [0.717, 1.165) is 41.5 Å². The lowest BCUT2D eigenvalue weighted by Crippen LogP contribution is -2.37. The quantitative estimate of drug-likeness (QED) is 0.862. The minimum absolute atomic E-state index is 0.0825. The highest BCUT2D eigenvalue weighted by molar-refractivity contribution is 6.08. The molecule has 2 aromatic rings. The maximum atomic E-state index is 13.2. The molecule has 0 atom stereocenters. The highest BCUT2D eigenvalue weighted by Gasteiger charge is 2.26. The second-order valence-electron chi connectivity index (χ2n) is 6.81. The number of fused-ring (bicyclic) bond motifs is 1. The first-order chi connectivity index (χ1) is 12.0. The van der Waals surface area contributed by atoms with Crippen molar-refractivity contribution in [3.05, 3.63) is 35.5 Å². The fourth-order valence-electron chi connectivity index (χ4n) is 3.69. The van der Waals surface area contributed by atoms with Crippen molar-refractivity contribution in [3.63, 3.8) is 0 Å². The van der Waals surface area contributed by atoms with Gasteiger partial charge in [-0.1, -0.05) is 25.1 Å². The molecule has 2 amide bonds. The number of carbonyl (C=O) groups is 2. The van der Waals surface area contributed by atoms with Gasteiger partial charge >= 0.3 is 0 Å². The Hall–Kier alpha value is -2.30. The Morgan fingerprint density at radius 3 is 2.48 bits per heavy atom. The molecule has 0 aliphatic carbocycles. The molecule has 25 heavy (non-hydrogen) atoms. The van der Waals surface area contributed by atoms with Crippen molar-refractivity contribution < 1.29 is 9.59 Å². The number of hydrogen-bond acceptors (Lipinski definition) is 2. The summed E-state index contributed by atoms with van der Waals surface area (Å²) in [6.45, 7) is 6.72. The largest absolute Gasteiger partial charge is 0.347 e. The highest BCUT2D eigenvalue weighted by Crippen LogP contribution is 2.26. The summed E-state index contributed by atoms with van der Waals surface area (Å²) in [4.78, 5) is 29.2. The third-order valence-electron chi connectivity index (χ3n) is 5.21. The zero-order valence-corrected chi connectivity index (χ0v) is 15.4. The van der Waals surface area contributed by atoms with E-state index in [4.69, 9.17) is 0 Å². The maximum absolute atomic E-state index is 13.2. The Morgan fingerprint density at radius 2 is 1.72 bits per heavy atom. The van der Waals surface area contributed by atoms with E-state index in [2.05, 4.69) is 4.57 Å². The molecule has 2 heterocycles. The van der Waals surface area contributed by atoms with E-state index in [0.29, 0.717) is 26.1 Å². The summed E-state index contributed by atoms with van der Waals surface area (Å²) in [7, 11) is 2.00. The Kier molecular flexibility index (Phi) is 5.11. The van der Waals surface area contributed by atoms with Crippen molar-refractivity contribution >= 4 is 22.7 Å². The van der Waals surface area contributed by atoms with Crippen LogP contribution in [-0.4, -0.2) is 52.4 Å². The molecule has 0 bridgehead atoms. The second-order valence-corrected chi connectivity index (χ2v) is 6.81. The number of nitrogens with zero attached hydrogens (tertiary/aromatic N) is 3. The van der Waals surface area contributed by atoms with Crippen LogP contribution in [0.5, 0.6) is 0 Å². The number of aromatic nitrogens is 1. The van der Waals surface area contributed by atoms with Gasteiger partial charge in [0, 0.05) is 56.2 Å². The molecule has 5 heteroatoms. The van der Waals surface area contributed by atoms with Crippen LogP contribution in [0.15, 0.2) is 24.3 Å². The molecule has 0 N–H and O–H groups in total. The first-order valence-corrected chi connectivity index (χ1v) is 9.15. The number of benzene rings is 1. The Labute approximate surface area is 149 Å². The van der Waals surface area contributed by atoms with Crippen molar-refractivity contribution in [2.75, 3.05) is 26.2 Å². The normalized spacial score (nSPS) is 15.5. The summed E-state index contributed by atoms with van der Waals surface area (Å²) in [5.74, 6) is 0.289. The van der Waals surface area contributed by atoms with Crippen LogP contribution in [0.3, 0.4) is 0 Å². The molecule has 1 aliphatic heterocycles. The predicted molar refractivity (Wildman–Crippen MR) is 99.7 cm³/mol. The topological polar surface area (TPSA) is 45.6 Å². The molecular weight excluding hydrogens is 314 g/mol. The van der Waals surface area contributed by atoms with Gasteiger partial charge in [0.1, 0.15) is 0 Å². The standard InChI is InChI=1S/C20H27N3O2/c1-4-8-18(24)22-11-7-12-23(14-13-22)20(25)19-15(2)21(3)17-10-6-5-9-16(17)19/h5-6,9-10H,4,7-8,11-14H2,1-3H3. The zero-order chi connectivity index (χ0) is 18.0. The van der Waals surface area contributed by atoms with Crippen molar-refractivity contribution in [3.8, 4) is 0 Å². The average Bonchev–Trinajstić information content (AvgIpc) is 2.79. The molecule has 3 rings (SSSR count). The van der Waals surface area contributed by atoms with Gasteiger partial charge in [-0.25, -0.2) is 0 Å². The van der Waals surface area contributed by atoms with Crippen LogP contribution in [0.4, 0.5) is 0 Å². The molecule has 1 aliphatic rings. The molecule has 1 aromatic carbocycles. The number of hydrogen-bond donors (Lipinski definition) is 0. The van der Waals surface area contributed by atoms with Crippen LogP contribution in [0.1, 0.15) is 42.2 Å². The number of para-hydroxylation sites is 1. The maximum Gasteiger partial charge on any atom is 0.256 e. The van der Waals surface area contributed by atoms with E-state index in [-0.39, 0.29) is 11.8 Å². The van der Waals surface area contributed by atoms with Crippen molar-refractivity contribution in [1.82, 2.24) is 14.4 Å². The average molecular weight is 341 g/mol. The van der Waals surface area contributed by atoms with Crippen molar-refractivity contribution in [1.29, 1.82) is 0 Å². The molecule has 0 radical (unpaired) electrons. The van der Waals surface area contributed by atoms with E-state index in [1.807, 2.05) is 55.0 Å². The number of rotatable bonds is 3. The Bertz CT molecular complexity index is 794. The van der Waals surface area contributed by atoms with E-state index in [9.17, 15) is 9.59 Å². The Morgan fingerprint density at radius 1 is 1.04 bits per heavy atom. The number of amides is 2. The lowest BCUT2D eigenvalue weighted by Gasteiger charge is -2.22. The van der Waals surface area contributed by atoms with Gasteiger partial charge < -0.3 is 14.4 Å². The molecular formula is C20H27N3O2. The molecule has 134 valence electrons. The first kappa shape index (κ1) is 17.5. The van der Waals surface area contributed by atoms with Crippen molar-refractivity contribution in [2.45, 2.75) is 33.1 Å². The van der Waals surface area contributed by atoms with Crippen LogP contribution in [-0.2, 0) is 11.8 Å². The van der Waals surface area contributed by atoms with Crippen LogP contribution in [0.2, 0.25) is 0 Å². The summed E-state index contributed by atoms with van der Waals surface area (Å²) < 4.78 is 2.08. The van der Waals surface area contributed by atoms with Gasteiger partial charge in [0.25, 0.3) is 5.91 Å². The van der Waals surface area contributed by atoms with E-state index >= 15 is 0 Å². The van der Waals surface area contributed by atoms with E-state index in [1.54, 1.807) is 0 Å². The molecule has 5 nitrogen and oxygen atoms in total. The van der Waals surface area contributed by atoms with Crippen LogP contribution in [0, 0.1) is 6.92 Å². The summed E-state index contributed by atoms with van der Waals surface area (Å²) in [5.41, 5.74) is 2.87. The number of aryl methyl sites for hydroxylation is 1. The third-order valence-corrected chi connectivity index (χ3v) is 5.21.